The van der Waals surface area contributed by atoms with E-state index in [1.165, 1.54) is 16.7 Å². The second-order valence-electron chi connectivity index (χ2n) is 6.61. The van der Waals surface area contributed by atoms with Crippen LogP contribution in [0, 0.1) is 0 Å². The lowest BCUT2D eigenvalue weighted by molar-refractivity contribution is -0.136. The molecule has 0 bridgehead atoms. The third kappa shape index (κ3) is 5.11. The predicted octanol–water partition coefficient (Wildman–Crippen LogP) is 2.20. The van der Waals surface area contributed by atoms with Gasteiger partial charge in [-0.1, -0.05) is 36.1 Å². The summed E-state index contributed by atoms with van der Waals surface area (Å²) in [6.07, 6.45) is 1.38. The molecular formula is C20H23N3O5S2. The highest BCUT2D eigenvalue weighted by Gasteiger charge is 2.35. The maximum atomic E-state index is 12.8. The molecule has 2 aliphatic heterocycles. The van der Waals surface area contributed by atoms with Gasteiger partial charge in [-0.3, -0.25) is 14.5 Å². The lowest BCUT2D eigenvalue weighted by Crippen LogP contribution is -2.53. The zero-order valence-corrected chi connectivity index (χ0v) is 18.5. The normalized spacial score (nSPS) is 18.2. The Labute approximate surface area is 184 Å². The van der Waals surface area contributed by atoms with E-state index in [0.29, 0.717) is 42.0 Å². The Morgan fingerprint density at radius 2 is 1.77 bits per heavy atom. The average molecular weight is 450 g/mol. The van der Waals surface area contributed by atoms with Gasteiger partial charge in [0.05, 0.1) is 18.6 Å². The molecule has 3 rings (SSSR count). The molecule has 30 heavy (non-hydrogen) atoms. The zero-order chi connectivity index (χ0) is 21.7. The maximum Gasteiger partial charge on any atom is 0.409 e. The molecule has 0 aliphatic carbocycles. The SMILES string of the molecule is CCOC(=O)N1CCN(C(=O)CN2C(=O)/C(=C/c3ccc(OC)cc3)SC2=S)CC1. The summed E-state index contributed by atoms with van der Waals surface area (Å²) in [5.74, 6) is 0.258. The van der Waals surface area contributed by atoms with Crippen LogP contribution in [0.4, 0.5) is 4.79 Å². The van der Waals surface area contributed by atoms with Crippen LogP contribution in [0.2, 0.25) is 0 Å². The van der Waals surface area contributed by atoms with E-state index in [9.17, 15) is 14.4 Å². The van der Waals surface area contributed by atoms with Gasteiger partial charge in [0.15, 0.2) is 0 Å². The highest BCUT2D eigenvalue weighted by Crippen LogP contribution is 2.32. The molecule has 0 N–H and O–H groups in total. The summed E-state index contributed by atoms with van der Waals surface area (Å²) in [5, 5.41) is 0. The van der Waals surface area contributed by atoms with Gasteiger partial charge in [0, 0.05) is 26.2 Å². The van der Waals surface area contributed by atoms with Gasteiger partial charge in [-0.2, -0.15) is 0 Å². The maximum absolute atomic E-state index is 12.8. The van der Waals surface area contributed by atoms with Crippen molar-refractivity contribution in [2.45, 2.75) is 6.92 Å². The summed E-state index contributed by atoms with van der Waals surface area (Å²) < 4.78 is 10.5. The van der Waals surface area contributed by atoms with Crippen molar-refractivity contribution in [2.75, 3.05) is 46.4 Å². The van der Waals surface area contributed by atoms with Crippen molar-refractivity contribution in [3.8, 4) is 5.75 Å². The minimum atomic E-state index is -0.370. The summed E-state index contributed by atoms with van der Waals surface area (Å²) in [4.78, 5) is 42.2. The van der Waals surface area contributed by atoms with E-state index in [-0.39, 0.29) is 24.5 Å². The number of benzene rings is 1. The third-order valence-corrected chi connectivity index (χ3v) is 6.12. The quantitative estimate of drug-likeness (QED) is 0.504. The lowest BCUT2D eigenvalue weighted by Gasteiger charge is -2.34. The fraction of sp³-hybridized carbons (Fsp3) is 0.400. The van der Waals surface area contributed by atoms with E-state index in [1.807, 2.05) is 24.3 Å². The fourth-order valence-electron chi connectivity index (χ4n) is 3.08. The first-order valence-electron chi connectivity index (χ1n) is 9.51. The van der Waals surface area contributed by atoms with Gasteiger partial charge in [-0.15, -0.1) is 0 Å². The molecule has 10 heteroatoms. The topological polar surface area (TPSA) is 79.4 Å². The number of amides is 3. The molecule has 1 aromatic rings. The minimum absolute atomic E-state index is 0.107. The largest absolute Gasteiger partial charge is 0.497 e. The molecule has 2 heterocycles. The van der Waals surface area contributed by atoms with Crippen LogP contribution in [0.5, 0.6) is 5.75 Å². The van der Waals surface area contributed by atoms with Gasteiger partial charge in [-0.05, 0) is 30.7 Å². The molecule has 0 saturated carbocycles. The van der Waals surface area contributed by atoms with E-state index in [0.717, 1.165) is 11.3 Å². The van der Waals surface area contributed by atoms with E-state index in [4.69, 9.17) is 21.7 Å². The Morgan fingerprint density at radius 3 is 2.37 bits per heavy atom. The number of piperazine rings is 1. The van der Waals surface area contributed by atoms with Crippen LogP contribution in [0.25, 0.3) is 6.08 Å². The molecule has 0 radical (unpaired) electrons. The van der Waals surface area contributed by atoms with Crippen LogP contribution in [0.1, 0.15) is 12.5 Å². The molecule has 3 amide bonds. The van der Waals surface area contributed by atoms with E-state index >= 15 is 0 Å². The zero-order valence-electron chi connectivity index (χ0n) is 16.8. The third-order valence-electron chi connectivity index (χ3n) is 4.74. The van der Waals surface area contributed by atoms with Crippen molar-refractivity contribution in [3.05, 3.63) is 34.7 Å². The van der Waals surface area contributed by atoms with Crippen molar-refractivity contribution < 1.29 is 23.9 Å². The number of carbonyl (C=O) groups is 3. The van der Waals surface area contributed by atoms with Gasteiger partial charge in [0.1, 0.15) is 16.6 Å². The van der Waals surface area contributed by atoms with Crippen LogP contribution in [0.15, 0.2) is 29.2 Å². The Kier molecular flexibility index (Phi) is 7.33. The molecule has 2 saturated heterocycles. The van der Waals surface area contributed by atoms with Crippen molar-refractivity contribution in [2.24, 2.45) is 0 Å². The molecule has 0 unspecified atom stereocenters. The van der Waals surface area contributed by atoms with Crippen molar-refractivity contribution in [1.29, 1.82) is 0 Å². The van der Waals surface area contributed by atoms with Crippen LogP contribution in [-0.4, -0.2) is 83.4 Å². The fourth-order valence-corrected chi connectivity index (χ4v) is 4.33. The van der Waals surface area contributed by atoms with Crippen molar-refractivity contribution >= 4 is 52.3 Å². The number of hydrogen-bond acceptors (Lipinski definition) is 7. The van der Waals surface area contributed by atoms with Gasteiger partial charge < -0.3 is 19.3 Å². The first-order valence-corrected chi connectivity index (χ1v) is 10.7. The Morgan fingerprint density at radius 1 is 1.13 bits per heavy atom. The summed E-state index contributed by atoms with van der Waals surface area (Å²) in [5.41, 5.74) is 0.845. The first kappa shape index (κ1) is 22.1. The van der Waals surface area contributed by atoms with Gasteiger partial charge in [-0.25, -0.2) is 4.79 Å². The number of rotatable bonds is 5. The van der Waals surface area contributed by atoms with E-state index in [2.05, 4.69) is 0 Å². The number of carbonyl (C=O) groups excluding carboxylic acids is 3. The van der Waals surface area contributed by atoms with Gasteiger partial charge >= 0.3 is 6.09 Å². The molecule has 0 spiro atoms. The van der Waals surface area contributed by atoms with Crippen LogP contribution in [0.3, 0.4) is 0 Å². The highest BCUT2D eigenvalue weighted by molar-refractivity contribution is 8.26. The van der Waals surface area contributed by atoms with Gasteiger partial charge in [0.2, 0.25) is 5.91 Å². The molecule has 2 fully saturated rings. The minimum Gasteiger partial charge on any atom is -0.497 e. The molecule has 0 atom stereocenters. The molecule has 8 nitrogen and oxygen atoms in total. The predicted molar refractivity (Wildman–Crippen MR) is 118 cm³/mol. The molecule has 160 valence electrons. The standard InChI is InChI=1S/C20H23N3O5S2/c1-3-28-19(26)22-10-8-21(9-11-22)17(24)13-23-18(25)16(30-20(23)29)12-14-4-6-15(27-2)7-5-14/h4-7,12H,3,8-11,13H2,1-2H3/b16-12-. The second-order valence-corrected chi connectivity index (χ2v) is 8.28. The molecule has 2 aliphatic rings. The number of ether oxygens (including phenoxy) is 2. The monoisotopic (exact) mass is 449 g/mol. The summed E-state index contributed by atoms with van der Waals surface area (Å²) >= 11 is 6.50. The van der Waals surface area contributed by atoms with Crippen LogP contribution < -0.4 is 4.74 Å². The number of thioether (sulfide) groups is 1. The Hall–Kier alpha value is -2.59. The van der Waals surface area contributed by atoms with Crippen molar-refractivity contribution in [3.63, 3.8) is 0 Å². The van der Waals surface area contributed by atoms with Crippen LogP contribution in [-0.2, 0) is 14.3 Å². The lowest BCUT2D eigenvalue weighted by atomic mass is 10.2. The number of thiocarbonyl (C=S) groups is 1. The van der Waals surface area contributed by atoms with Crippen LogP contribution >= 0.6 is 24.0 Å². The Balaban J connectivity index is 1.58. The molecule has 1 aromatic carbocycles. The highest BCUT2D eigenvalue weighted by atomic mass is 32.2. The number of nitrogens with zero attached hydrogens (tertiary/aromatic N) is 3. The second kappa shape index (κ2) is 9.94. The van der Waals surface area contributed by atoms with E-state index in [1.54, 1.807) is 29.9 Å². The molecule has 0 aromatic heterocycles. The smallest absolute Gasteiger partial charge is 0.409 e. The molecular weight excluding hydrogens is 426 g/mol. The number of methoxy groups -OCH3 is 1. The van der Waals surface area contributed by atoms with Gasteiger partial charge in [0.25, 0.3) is 5.91 Å². The Bertz CT molecular complexity index is 864. The summed E-state index contributed by atoms with van der Waals surface area (Å²) in [7, 11) is 1.59. The first-order chi connectivity index (χ1) is 14.4. The average Bonchev–Trinajstić information content (AvgIpc) is 3.02. The van der Waals surface area contributed by atoms with E-state index < -0.39 is 0 Å². The number of hydrogen-bond donors (Lipinski definition) is 0. The van der Waals surface area contributed by atoms with Crippen molar-refractivity contribution in [1.82, 2.24) is 14.7 Å². The summed E-state index contributed by atoms with van der Waals surface area (Å²) in [6.45, 7) is 3.56. The summed E-state index contributed by atoms with van der Waals surface area (Å²) in [6, 6.07) is 7.32.